The monoisotopic (exact) mass is 733 g/mol. The van der Waals surface area contributed by atoms with Crippen molar-refractivity contribution in [3.8, 4) is 16.8 Å². The van der Waals surface area contributed by atoms with Crippen LogP contribution in [0.5, 0.6) is 0 Å². The number of allylic oxidation sites excluding steroid dienone is 4. The molecule has 2 atom stereocenters. The highest BCUT2D eigenvalue weighted by atomic mass is 15.3. The number of para-hydroxylation sites is 3. The lowest BCUT2D eigenvalue weighted by Gasteiger charge is -2.31. The lowest BCUT2D eigenvalue weighted by Crippen LogP contribution is -2.33. The minimum atomic E-state index is -0.116. The van der Waals surface area contributed by atoms with Gasteiger partial charge in [0, 0.05) is 82.0 Å². The summed E-state index contributed by atoms with van der Waals surface area (Å²) >= 11 is 0. The van der Waals surface area contributed by atoms with E-state index in [9.17, 15) is 0 Å². The zero-order valence-electron chi connectivity index (χ0n) is 31.6. The third-order valence-corrected chi connectivity index (χ3v) is 12.2. The summed E-state index contributed by atoms with van der Waals surface area (Å²) in [5.41, 5.74) is 13.9. The van der Waals surface area contributed by atoms with Crippen molar-refractivity contribution in [1.82, 2.24) is 14.5 Å². The maximum atomic E-state index is 4.44. The molecule has 1 saturated carbocycles. The zero-order valence-corrected chi connectivity index (χ0v) is 31.6. The maximum Gasteiger partial charge on any atom is 0.0782 e. The molecule has 2 aliphatic carbocycles. The van der Waals surface area contributed by atoms with Crippen LogP contribution in [0.4, 0.5) is 17.1 Å². The molecule has 3 aromatic heterocycles. The number of benzene rings is 5. The van der Waals surface area contributed by atoms with Gasteiger partial charge in [-0.3, -0.25) is 9.97 Å². The van der Waals surface area contributed by atoms with Gasteiger partial charge in [0.15, 0.2) is 0 Å². The molecule has 5 nitrogen and oxygen atoms in total. The van der Waals surface area contributed by atoms with E-state index in [1.165, 1.54) is 44.3 Å². The molecule has 5 heteroatoms. The number of pyridine rings is 2. The van der Waals surface area contributed by atoms with Gasteiger partial charge in [-0.2, -0.15) is 0 Å². The Morgan fingerprint density at radius 1 is 0.667 bits per heavy atom. The molecule has 5 aromatic carbocycles. The first-order chi connectivity index (χ1) is 28.1. The second kappa shape index (κ2) is 12.9. The summed E-state index contributed by atoms with van der Waals surface area (Å²) in [7, 11) is 2.12. The Morgan fingerprint density at radius 2 is 1.37 bits per heavy atom. The predicted molar refractivity (Wildman–Crippen MR) is 236 cm³/mol. The molecule has 4 heterocycles. The van der Waals surface area contributed by atoms with Crippen molar-refractivity contribution < 1.29 is 0 Å². The second-order valence-corrected chi connectivity index (χ2v) is 15.3. The van der Waals surface area contributed by atoms with Crippen molar-refractivity contribution >= 4 is 50.6 Å². The third-order valence-electron chi connectivity index (χ3n) is 12.2. The molecule has 2 unspecified atom stereocenters. The van der Waals surface area contributed by atoms with E-state index in [2.05, 4.69) is 201 Å². The molecule has 1 fully saturated rings. The van der Waals surface area contributed by atoms with E-state index in [1.807, 2.05) is 30.7 Å². The summed E-state index contributed by atoms with van der Waals surface area (Å²) in [5.74, 6) is 0. The molecule has 1 aliphatic heterocycles. The standard InChI is InChI=1S/C52H39N5/c1-55(47(39-15-12-30-54-35-39)22-10-13-37-14-11-29-53-34-37)41-25-23-38(24-26-41)40-31-42(56-48-19-5-2-16-44(48)45-17-3-6-20-49(45)56)33-43(32-40)57-50-21-7-4-18-46(50)51-27-8-9-28-52(51,57)36-51/h2-35H,36H2,1H3/b13-10+,47-22-. The summed E-state index contributed by atoms with van der Waals surface area (Å²) in [6.45, 7) is 0. The zero-order chi connectivity index (χ0) is 38.0. The highest BCUT2D eigenvalue weighted by Crippen LogP contribution is 2.73. The van der Waals surface area contributed by atoms with Crippen molar-refractivity contribution in [2.45, 2.75) is 17.4 Å². The van der Waals surface area contributed by atoms with Crippen LogP contribution >= 0.6 is 0 Å². The van der Waals surface area contributed by atoms with E-state index in [0.717, 1.165) is 40.2 Å². The Balaban J connectivity index is 1.04. The van der Waals surface area contributed by atoms with Gasteiger partial charge in [0.1, 0.15) is 0 Å². The third kappa shape index (κ3) is 5.16. The highest BCUT2D eigenvalue weighted by Gasteiger charge is 2.74. The number of aromatic nitrogens is 3. The predicted octanol–water partition coefficient (Wildman–Crippen LogP) is 12.1. The van der Waals surface area contributed by atoms with E-state index in [-0.39, 0.29) is 11.0 Å². The van der Waals surface area contributed by atoms with E-state index >= 15 is 0 Å². The van der Waals surface area contributed by atoms with Crippen LogP contribution in [-0.4, -0.2) is 27.1 Å². The molecule has 0 N–H and O–H groups in total. The minimum Gasteiger partial charge on any atom is -0.344 e. The number of hydrogen-bond acceptors (Lipinski definition) is 4. The normalized spacial score (nSPS) is 19.2. The maximum absolute atomic E-state index is 4.44. The van der Waals surface area contributed by atoms with Gasteiger partial charge >= 0.3 is 0 Å². The summed E-state index contributed by atoms with van der Waals surface area (Å²) in [6.07, 6.45) is 24.1. The van der Waals surface area contributed by atoms with Crippen LogP contribution in [0.3, 0.4) is 0 Å². The van der Waals surface area contributed by atoms with Crippen molar-refractivity contribution in [3.63, 3.8) is 0 Å². The van der Waals surface area contributed by atoms with Crippen LogP contribution in [0.25, 0.3) is 50.4 Å². The van der Waals surface area contributed by atoms with Gasteiger partial charge in [-0.05, 0) is 101 Å². The Bertz CT molecular complexity index is 2900. The molecule has 8 aromatic rings. The molecule has 0 radical (unpaired) electrons. The lowest BCUT2D eigenvalue weighted by atomic mass is 9.90. The first-order valence-corrected chi connectivity index (χ1v) is 19.6. The molecule has 0 amide bonds. The van der Waals surface area contributed by atoms with Crippen LogP contribution in [-0.2, 0) is 5.41 Å². The first-order valence-electron chi connectivity index (χ1n) is 19.6. The van der Waals surface area contributed by atoms with Crippen LogP contribution in [0.2, 0.25) is 0 Å². The fourth-order valence-electron chi connectivity index (χ4n) is 9.51. The van der Waals surface area contributed by atoms with Crippen molar-refractivity contribution in [3.05, 3.63) is 217 Å². The largest absolute Gasteiger partial charge is 0.344 e. The van der Waals surface area contributed by atoms with Crippen LogP contribution in [0.15, 0.2) is 201 Å². The van der Waals surface area contributed by atoms with Crippen LogP contribution in [0.1, 0.15) is 23.1 Å². The Hall–Kier alpha value is -7.24. The molecule has 0 bridgehead atoms. The average Bonchev–Trinajstić information content (AvgIpc) is 3.76. The van der Waals surface area contributed by atoms with Gasteiger partial charge in [-0.1, -0.05) is 109 Å². The van der Waals surface area contributed by atoms with Gasteiger partial charge in [0.25, 0.3) is 0 Å². The number of fused-ring (bicyclic) bond motifs is 4. The summed E-state index contributed by atoms with van der Waals surface area (Å²) < 4.78 is 2.44. The molecule has 0 saturated heterocycles. The average molecular weight is 734 g/mol. The molecule has 57 heavy (non-hydrogen) atoms. The Labute approximate surface area is 332 Å². The van der Waals surface area contributed by atoms with Crippen LogP contribution in [0, 0.1) is 0 Å². The Kier molecular flexibility index (Phi) is 7.51. The van der Waals surface area contributed by atoms with Gasteiger partial charge in [0.05, 0.1) is 16.6 Å². The fraction of sp³-hybridized carbons (Fsp3) is 0.0769. The number of hydrogen-bond donors (Lipinski definition) is 0. The van der Waals surface area contributed by atoms with E-state index in [4.69, 9.17) is 0 Å². The summed E-state index contributed by atoms with van der Waals surface area (Å²) in [5, 5.41) is 2.51. The van der Waals surface area contributed by atoms with Gasteiger partial charge in [-0.25, -0.2) is 0 Å². The first kappa shape index (κ1) is 33.1. The summed E-state index contributed by atoms with van der Waals surface area (Å²) in [6, 6.07) is 50.8. The molecular formula is C52H39N5. The van der Waals surface area contributed by atoms with E-state index in [0.29, 0.717) is 0 Å². The quantitative estimate of drug-likeness (QED) is 0.146. The second-order valence-electron chi connectivity index (χ2n) is 15.3. The van der Waals surface area contributed by atoms with E-state index < -0.39 is 0 Å². The molecular weight excluding hydrogens is 695 g/mol. The van der Waals surface area contributed by atoms with E-state index in [1.54, 1.807) is 6.20 Å². The van der Waals surface area contributed by atoms with Crippen LogP contribution < -0.4 is 9.80 Å². The van der Waals surface area contributed by atoms with Crippen molar-refractivity contribution in [1.29, 1.82) is 0 Å². The molecule has 3 aliphatic rings. The number of nitrogens with zero attached hydrogens (tertiary/aromatic N) is 5. The lowest BCUT2D eigenvalue weighted by molar-refractivity contribution is 0.740. The number of anilines is 3. The minimum absolute atomic E-state index is 0.000258. The Morgan fingerprint density at radius 3 is 2.12 bits per heavy atom. The fourth-order valence-corrected chi connectivity index (χ4v) is 9.51. The van der Waals surface area contributed by atoms with Gasteiger partial charge in [-0.15, -0.1) is 0 Å². The molecule has 0 spiro atoms. The SMILES string of the molecule is CN(/C(=C\C=C\c1cccnc1)c1cccnc1)c1ccc(-c2cc(N3c4ccccc4C45C=CC=CC34C5)cc(-n3c4ccccc4c4ccccc43)c2)cc1. The number of rotatable bonds is 8. The summed E-state index contributed by atoms with van der Waals surface area (Å²) in [4.78, 5) is 13.5. The molecule has 272 valence electrons. The molecule has 11 rings (SSSR count). The topological polar surface area (TPSA) is 37.2 Å². The highest BCUT2D eigenvalue weighted by molar-refractivity contribution is 6.09. The smallest absolute Gasteiger partial charge is 0.0782 e. The van der Waals surface area contributed by atoms with Gasteiger partial charge in [0.2, 0.25) is 0 Å². The van der Waals surface area contributed by atoms with Crippen molar-refractivity contribution in [2.24, 2.45) is 0 Å². The van der Waals surface area contributed by atoms with Crippen molar-refractivity contribution in [2.75, 3.05) is 16.8 Å². The van der Waals surface area contributed by atoms with Gasteiger partial charge < -0.3 is 14.4 Å².